The minimum absolute atomic E-state index is 0.0337. The lowest BCUT2D eigenvalue weighted by molar-refractivity contribution is -0.137. The fourth-order valence-electron chi connectivity index (χ4n) is 2.97. The van der Waals surface area contributed by atoms with Crippen molar-refractivity contribution in [2.24, 2.45) is 0 Å². The van der Waals surface area contributed by atoms with E-state index in [-0.39, 0.29) is 12.5 Å². The number of rotatable bonds is 7. The number of sulfonamides is 1. The van der Waals surface area contributed by atoms with E-state index in [0.29, 0.717) is 37.0 Å². The largest absolute Gasteiger partial charge is 0.497 e. The van der Waals surface area contributed by atoms with Crippen LogP contribution in [0.25, 0.3) is 0 Å². The van der Waals surface area contributed by atoms with E-state index in [0.717, 1.165) is 16.2 Å². The summed E-state index contributed by atoms with van der Waals surface area (Å²) >= 11 is 1.27. The van der Waals surface area contributed by atoms with Gasteiger partial charge in [-0.1, -0.05) is 12.1 Å². The molecule has 7 nitrogen and oxygen atoms in total. The molecule has 0 aliphatic carbocycles. The van der Waals surface area contributed by atoms with Gasteiger partial charge in [0.25, 0.3) is 10.0 Å². The van der Waals surface area contributed by atoms with Crippen LogP contribution in [-0.2, 0) is 26.2 Å². The van der Waals surface area contributed by atoms with Gasteiger partial charge < -0.3 is 14.4 Å². The van der Waals surface area contributed by atoms with Crippen LogP contribution in [0.3, 0.4) is 0 Å². The van der Waals surface area contributed by atoms with Gasteiger partial charge in [-0.15, -0.1) is 11.3 Å². The molecule has 0 bridgehead atoms. The van der Waals surface area contributed by atoms with E-state index in [2.05, 4.69) is 0 Å². The number of hydrogen-bond donors (Lipinski definition) is 0. The van der Waals surface area contributed by atoms with E-state index >= 15 is 0 Å². The lowest BCUT2D eigenvalue weighted by Crippen LogP contribution is -2.51. The predicted molar refractivity (Wildman–Crippen MR) is 107 cm³/mol. The second kappa shape index (κ2) is 9.04. The van der Waals surface area contributed by atoms with Gasteiger partial charge in [-0.2, -0.15) is 4.31 Å². The van der Waals surface area contributed by atoms with Crippen molar-refractivity contribution in [3.05, 3.63) is 46.8 Å². The van der Waals surface area contributed by atoms with Crippen molar-refractivity contribution in [2.45, 2.75) is 17.7 Å². The van der Waals surface area contributed by atoms with Crippen LogP contribution in [0.5, 0.6) is 5.75 Å². The number of carbonyl (C=O) groups excluding carboxylic acids is 1. The molecule has 2 aromatic rings. The molecule has 1 saturated heterocycles. The van der Waals surface area contributed by atoms with Crippen molar-refractivity contribution in [3.8, 4) is 5.75 Å². The summed E-state index contributed by atoms with van der Waals surface area (Å²) in [6.07, 6.45) is 0. The van der Waals surface area contributed by atoms with Crippen LogP contribution < -0.4 is 4.74 Å². The number of nitrogens with zero attached hydrogens (tertiary/aromatic N) is 2. The van der Waals surface area contributed by atoms with Gasteiger partial charge in [0, 0.05) is 31.1 Å². The van der Waals surface area contributed by atoms with Gasteiger partial charge in [-0.25, -0.2) is 8.42 Å². The zero-order valence-electron chi connectivity index (χ0n) is 16.0. The molecule has 9 heteroatoms. The van der Waals surface area contributed by atoms with Gasteiger partial charge in [0.2, 0.25) is 5.91 Å². The zero-order valence-corrected chi connectivity index (χ0v) is 17.6. The minimum Gasteiger partial charge on any atom is -0.497 e. The average molecular weight is 425 g/mol. The Morgan fingerprint density at radius 1 is 1.14 bits per heavy atom. The third-order valence-electron chi connectivity index (χ3n) is 4.53. The summed E-state index contributed by atoms with van der Waals surface area (Å²) < 4.78 is 37.8. The molecule has 1 aliphatic heterocycles. The minimum atomic E-state index is -3.48. The molecule has 1 amide bonds. The highest BCUT2D eigenvalue weighted by atomic mass is 32.2. The van der Waals surface area contributed by atoms with Crippen LogP contribution in [0.2, 0.25) is 0 Å². The van der Waals surface area contributed by atoms with Gasteiger partial charge in [0.1, 0.15) is 16.6 Å². The molecule has 0 N–H and O–H groups in total. The highest BCUT2D eigenvalue weighted by molar-refractivity contribution is 7.91. The van der Waals surface area contributed by atoms with E-state index < -0.39 is 10.0 Å². The Morgan fingerprint density at radius 2 is 1.89 bits per heavy atom. The second-order valence-electron chi connectivity index (χ2n) is 6.49. The molecule has 0 radical (unpaired) electrons. The smallest absolute Gasteiger partial charge is 0.252 e. The standard InChI is InChI=1S/C19H24N2O5S2/c1-15-6-7-19(27-15)28(23,24)21-10-8-20(9-11-21)18(22)14-26-13-16-4-3-5-17(12-16)25-2/h3-7,12H,8-11,13-14H2,1-2H3. The normalized spacial score (nSPS) is 15.6. The third kappa shape index (κ3) is 4.91. The maximum atomic E-state index is 12.7. The van der Waals surface area contributed by atoms with Gasteiger partial charge in [0.15, 0.2) is 0 Å². The number of ether oxygens (including phenoxy) is 2. The molecule has 1 aromatic heterocycles. The molecule has 0 atom stereocenters. The van der Waals surface area contributed by atoms with Crippen molar-refractivity contribution in [3.63, 3.8) is 0 Å². The Hall–Kier alpha value is -1.94. The van der Waals surface area contributed by atoms with Crippen molar-refractivity contribution in [1.82, 2.24) is 9.21 Å². The maximum Gasteiger partial charge on any atom is 0.252 e. The van der Waals surface area contributed by atoms with E-state index in [9.17, 15) is 13.2 Å². The fourth-order valence-corrected chi connectivity index (χ4v) is 5.83. The van der Waals surface area contributed by atoms with Crippen LogP contribution in [0.15, 0.2) is 40.6 Å². The summed E-state index contributed by atoms with van der Waals surface area (Å²) in [6.45, 7) is 3.48. The Labute approximate surface area is 169 Å². The molecular formula is C19H24N2O5S2. The van der Waals surface area contributed by atoms with Crippen LogP contribution in [0, 0.1) is 6.92 Å². The number of carbonyl (C=O) groups is 1. The molecule has 152 valence electrons. The topological polar surface area (TPSA) is 76.2 Å². The Bertz CT molecular complexity index is 918. The molecule has 0 spiro atoms. The van der Waals surface area contributed by atoms with Crippen LogP contribution in [-0.4, -0.2) is 63.4 Å². The van der Waals surface area contributed by atoms with Crippen molar-refractivity contribution >= 4 is 27.3 Å². The number of aryl methyl sites for hydroxylation is 1. The summed E-state index contributed by atoms with van der Waals surface area (Å²) in [5.74, 6) is 0.609. The first-order valence-electron chi connectivity index (χ1n) is 8.95. The lowest BCUT2D eigenvalue weighted by Gasteiger charge is -2.33. The number of amides is 1. The quantitative estimate of drug-likeness (QED) is 0.681. The number of methoxy groups -OCH3 is 1. The Morgan fingerprint density at radius 3 is 2.54 bits per heavy atom. The summed E-state index contributed by atoms with van der Waals surface area (Å²) in [5, 5.41) is 0. The van der Waals surface area contributed by atoms with E-state index in [1.165, 1.54) is 15.6 Å². The molecule has 1 aromatic carbocycles. The Kier molecular flexibility index (Phi) is 6.71. The van der Waals surface area contributed by atoms with Gasteiger partial charge in [-0.3, -0.25) is 4.79 Å². The number of hydrogen-bond acceptors (Lipinski definition) is 6. The molecule has 2 heterocycles. The number of piperazine rings is 1. The maximum absolute atomic E-state index is 12.7. The average Bonchev–Trinajstić information content (AvgIpc) is 3.15. The van der Waals surface area contributed by atoms with Gasteiger partial charge in [-0.05, 0) is 36.8 Å². The fraction of sp³-hybridized carbons (Fsp3) is 0.421. The summed E-state index contributed by atoms with van der Waals surface area (Å²) in [5.41, 5.74) is 0.925. The summed E-state index contributed by atoms with van der Waals surface area (Å²) in [7, 11) is -1.88. The molecule has 1 fully saturated rings. The third-order valence-corrected chi connectivity index (χ3v) is 7.90. The molecular weight excluding hydrogens is 400 g/mol. The SMILES string of the molecule is COc1cccc(COCC(=O)N2CCN(S(=O)(=O)c3ccc(C)s3)CC2)c1. The summed E-state index contributed by atoms with van der Waals surface area (Å²) in [4.78, 5) is 15.0. The van der Waals surface area contributed by atoms with Gasteiger partial charge in [0.05, 0.1) is 13.7 Å². The number of benzene rings is 1. The van der Waals surface area contributed by atoms with Crippen molar-refractivity contribution in [1.29, 1.82) is 0 Å². The van der Waals surface area contributed by atoms with E-state index in [1.54, 1.807) is 24.1 Å². The van der Waals surface area contributed by atoms with Crippen LogP contribution in [0.1, 0.15) is 10.4 Å². The highest BCUT2D eigenvalue weighted by Crippen LogP contribution is 2.25. The second-order valence-corrected chi connectivity index (χ2v) is 9.95. The van der Waals surface area contributed by atoms with Crippen LogP contribution >= 0.6 is 11.3 Å². The number of thiophene rings is 1. The highest BCUT2D eigenvalue weighted by Gasteiger charge is 2.30. The van der Waals surface area contributed by atoms with Gasteiger partial charge >= 0.3 is 0 Å². The van der Waals surface area contributed by atoms with Crippen molar-refractivity contribution < 1.29 is 22.7 Å². The lowest BCUT2D eigenvalue weighted by atomic mass is 10.2. The van der Waals surface area contributed by atoms with E-state index in [4.69, 9.17) is 9.47 Å². The first kappa shape index (κ1) is 20.8. The summed E-state index contributed by atoms with van der Waals surface area (Å²) in [6, 6.07) is 10.9. The molecule has 0 saturated carbocycles. The molecule has 1 aliphatic rings. The first-order valence-corrected chi connectivity index (χ1v) is 11.2. The molecule has 3 rings (SSSR count). The molecule has 0 unspecified atom stereocenters. The van der Waals surface area contributed by atoms with Crippen LogP contribution in [0.4, 0.5) is 0 Å². The predicted octanol–water partition coefficient (Wildman–Crippen LogP) is 2.11. The van der Waals surface area contributed by atoms with Crippen molar-refractivity contribution in [2.75, 3.05) is 39.9 Å². The molecule has 28 heavy (non-hydrogen) atoms. The monoisotopic (exact) mass is 424 g/mol. The van der Waals surface area contributed by atoms with E-state index in [1.807, 2.05) is 31.2 Å². The Balaban J connectivity index is 1.47. The zero-order chi connectivity index (χ0) is 20.1. The first-order chi connectivity index (χ1) is 13.4.